The van der Waals surface area contributed by atoms with E-state index in [0.717, 1.165) is 37.5 Å². The quantitative estimate of drug-likeness (QED) is 0.169. The fourth-order valence-electron chi connectivity index (χ4n) is 3.26. The SMILES string of the molecule is COc1ccc(CCCCCSc2ccc(CNCCCP(=O)(O)O)cc2C(F)(F)F)cc1. The Morgan fingerprint density at radius 3 is 2.33 bits per heavy atom. The van der Waals surface area contributed by atoms with Crippen LogP contribution in [0.15, 0.2) is 47.4 Å². The molecular formula is C23H31F3NO4PS. The molecule has 0 atom stereocenters. The molecule has 0 aliphatic rings. The highest BCUT2D eigenvalue weighted by molar-refractivity contribution is 7.99. The van der Waals surface area contributed by atoms with Crippen molar-refractivity contribution in [3.8, 4) is 5.75 Å². The van der Waals surface area contributed by atoms with E-state index in [0.29, 0.717) is 17.9 Å². The Morgan fingerprint density at radius 2 is 1.70 bits per heavy atom. The van der Waals surface area contributed by atoms with Gasteiger partial charge in [-0.2, -0.15) is 13.2 Å². The molecule has 0 aliphatic heterocycles. The maximum atomic E-state index is 13.5. The van der Waals surface area contributed by atoms with Gasteiger partial charge in [0, 0.05) is 11.4 Å². The maximum Gasteiger partial charge on any atom is 0.417 e. The van der Waals surface area contributed by atoms with Gasteiger partial charge in [-0.3, -0.25) is 4.57 Å². The molecule has 2 aromatic carbocycles. The first kappa shape index (κ1) is 27.7. The standard InChI is InChI=1S/C23H31F3NO4PS/c1-31-20-10-7-18(8-11-20)6-3-2-4-15-33-22-12-9-19(16-21(22)23(24,25)26)17-27-13-5-14-32(28,29)30/h7-12,16,27H,2-6,13-15,17H2,1H3,(H2,28,29,30). The van der Waals surface area contributed by atoms with Gasteiger partial charge in [-0.1, -0.05) is 24.6 Å². The molecule has 0 amide bonds. The average Bonchev–Trinajstić information content (AvgIpc) is 2.75. The number of nitrogens with one attached hydrogen (secondary N) is 1. The Bertz CT molecular complexity index is 904. The van der Waals surface area contributed by atoms with E-state index in [4.69, 9.17) is 14.5 Å². The number of hydrogen-bond donors (Lipinski definition) is 3. The van der Waals surface area contributed by atoms with Crippen LogP contribution in [0.1, 0.15) is 42.4 Å². The zero-order valence-electron chi connectivity index (χ0n) is 18.6. The summed E-state index contributed by atoms with van der Waals surface area (Å²) in [5.74, 6) is 1.43. The number of thioether (sulfide) groups is 1. The Morgan fingerprint density at radius 1 is 1.00 bits per heavy atom. The molecule has 33 heavy (non-hydrogen) atoms. The van der Waals surface area contributed by atoms with Crippen LogP contribution in [0.5, 0.6) is 5.75 Å². The molecule has 0 saturated heterocycles. The molecule has 0 aromatic heterocycles. The number of alkyl halides is 3. The van der Waals surface area contributed by atoms with Gasteiger partial charge in [0.1, 0.15) is 5.75 Å². The largest absolute Gasteiger partial charge is 0.497 e. The van der Waals surface area contributed by atoms with Gasteiger partial charge in [-0.15, -0.1) is 11.8 Å². The van der Waals surface area contributed by atoms with Crippen LogP contribution in [0.2, 0.25) is 0 Å². The Balaban J connectivity index is 1.77. The molecular weight excluding hydrogens is 474 g/mol. The number of unbranched alkanes of at least 4 members (excludes halogenated alkanes) is 2. The van der Waals surface area contributed by atoms with E-state index in [1.165, 1.54) is 23.4 Å². The highest BCUT2D eigenvalue weighted by atomic mass is 32.2. The molecule has 0 spiro atoms. The highest BCUT2D eigenvalue weighted by Gasteiger charge is 2.33. The Kier molecular flexibility index (Phi) is 11.3. The Labute approximate surface area is 197 Å². The number of halogens is 3. The molecule has 0 aliphatic carbocycles. The molecule has 0 fully saturated rings. The second-order valence-electron chi connectivity index (χ2n) is 7.75. The zero-order valence-corrected chi connectivity index (χ0v) is 20.3. The van der Waals surface area contributed by atoms with Gasteiger partial charge < -0.3 is 19.8 Å². The van der Waals surface area contributed by atoms with Crippen molar-refractivity contribution in [2.24, 2.45) is 0 Å². The monoisotopic (exact) mass is 505 g/mol. The summed E-state index contributed by atoms with van der Waals surface area (Å²) in [6, 6.07) is 12.2. The van der Waals surface area contributed by atoms with Crippen LogP contribution in [0.3, 0.4) is 0 Å². The minimum Gasteiger partial charge on any atom is -0.497 e. The van der Waals surface area contributed by atoms with Crippen molar-refractivity contribution in [1.82, 2.24) is 5.32 Å². The van der Waals surface area contributed by atoms with Crippen LogP contribution >= 0.6 is 19.4 Å². The van der Waals surface area contributed by atoms with Crippen LogP contribution in [-0.4, -0.2) is 35.4 Å². The third-order valence-electron chi connectivity index (χ3n) is 5.01. The first-order chi connectivity index (χ1) is 15.6. The number of methoxy groups -OCH3 is 1. The predicted molar refractivity (Wildman–Crippen MR) is 126 cm³/mol. The van der Waals surface area contributed by atoms with Gasteiger partial charge in [-0.25, -0.2) is 0 Å². The molecule has 10 heteroatoms. The highest BCUT2D eigenvalue weighted by Crippen LogP contribution is 2.38. The topological polar surface area (TPSA) is 78.8 Å². The van der Waals surface area contributed by atoms with Crippen molar-refractivity contribution < 1.29 is 32.3 Å². The summed E-state index contributed by atoms with van der Waals surface area (Å²) >= 11 is 1.22. The zero-order chi connectivity index (χ0) is 24.3. The first-order valence-electron chi connectivity index (χ1n) is 10.8. The minimum absolute atomic E-state index is 0.209. The molecule has 0 heterocycles. The average molecular weight is 506 g/mol. The summed E-state index contributed by atoms with van der Waals surface area (Å²) in [7, 11) is -2.42. The van der Waals surface area contributed by atoms with Crippen LogP contribution in [0.25, 0.3) is 0 Å². The summed E-state index contributed by atoms with van der Waals surface area (Å²) in [5.41, 5.74) is 1.07. The van der Waals surface area contributed by atoms with E-state index in [-0.39, 0.29) is 24.0 Å². The van der Waals surface area contributed by atoms with Crippen molar-refractivity contribution in [3.05, 3.63) is 59.2 Å². The van der Waals surface area contributed by atoms with Gasteiger partial charge >= 0.3 is 13.8 Å². The fraction of sp³-hybridized carbons (Fsp3) is 0.478. The lowest BCUT2D eigenvalue weighted by Gasteiger charge is -2.15. The van der Waals surface area contributed by atoms with Gasteiger partial charge in [0.15, 0.2) is 0 Å². The smallest absolute Gasteiger partial charge is 0.417 e. The lowest BCUT2D eigenvalue weighted by molar-refractivity contribution is -0.139. The molecule has 0 radical (unpaired) electrons. The molecule has 2 rings (SSSR count). The lowest BCUT2D eigenvalue weighted by atomic mass is 10.1. The van der Waals surface area contributed by atoms with Gasteiger partial charge in [0.05, 0.1) is 18.8 Å². The van der Waals surface area contributed by atoms with Gasteiger partial charge in [0.25, 0.3) is 0 Å². The number of rotatable bonds is 14. The third kappa shape index (κ3) is 11.0. The normalized spacial score (nSPS) is 12.2. The molecule has 3 N–H and O–H groups in total. The lowest BCUT2D eigenvalue weighted by Crippen LogP contribution is -2.17. The Hall–Kier alpha value is -1.51. The summed E-state index contributed by atoms with van der Waals surface area (Å²) in [4.78, 5) is 17.9. The third-order valence-corrected chi connectivity index (χ3v) is 7.07. The minimum atomic E-state index is -4.44. The van der Waals surface area contributed by atoms with E-state index in [1.54, 1.807) is 13.2 Å². The summed E-state index contributed by atoms with van der Waals surface area (Å²) < 4.78 is 56.6. The number of benzene rings is 2. The maximum absolute atomic E-state index is 13.5. The van der Waals surface area contributed by atoms with E-state index in [9.17, 15) is 17.7 Å². The van der Waals surface area contributed by atoms with Gasteiger partial charge in [0.2, 0.25) is 0 Å². The van der Waals surface area contributed by atoms with Crippen molar-refractivity contribution in [2.45, 2.75) is 49.7 Å². The summed E-state index contributed by atoms with van der Waals surface area (Å²) in [5, 5.41) is 2.93. The predicted octanol–water partition coefficient (Wildman–Crippen LogP) is 5.88. The summed E-state index contributed by atoms with van der Waals surface area (Å²) in [6.07, 6.45) is -0.749. The molecule has 184 valence electrons. The van der Waals surface area contributed by atoms with E-state index in [2.05, 4.69) is 5.32 Å². The van der Waals surface area contributed by atoms with Crippen LogP contribution in [0, 0.1) is 0 Å². The molecule has 2 aromatic rings. The molecule has 0 bridgehead atoms. The fourth-order valence-corrected chi connectivity index (χ4v) is 4.89. The molecule has 0 saturated carbocycles. The number of ether oxygens (including phenoxy) is 1. The molecule has 0 unspecified atom stereocenters. The van der Waals surface area contributed by atoms with Crippen LogP contribution in [-0.2, 0) is 23.7 Å². The van der Waals surface area contributed by atoms with Crippen LogP contribution in [0.4, 0.5) is 13.2 Å². The van der Waals surface area contributed by atoms with Gasteiger partial charge in [-0.05, 0) is 73.4 Å². The van der Waals surface area contributed by atoms with Crippen LogP contribution < -0.4 is 10.1 Å². The van der Waals surface area contributed by atoms with Crippen molar-refractivity contribution in [2.75, 3.05) is 25.6 Å². The second-order valence-corrected chi connectivity index (χ2v) is 10.7. The van der Waals surface area contributed by atoms with Crippen molar-refractivity contribution in [3.63, 3.8) is 0 Å². The number of aryl methyl sites for hydroxylation is 1. The molecule has 5 nitrogen and oxygen atoms in total. The van der Waals surface area contributed by atoms with Crippen molar-refractivity contribution in [1.29, 1.82) is 0 Å². The second kappa shape index (κ2) is 13.4. The van der Waals surface area contributed by atoms with E-state index < -0.39 is 19.3 Å². The van der Waals surface area contributed by atoms with Crippen molar-refractivity contribution >= 4 is 19.4 Å². The van der Waals surface area contributed by atoms with E-state index >= 15 is 0 Å². The summed E-state index contributed by atoms with van der Waals surface area (Å²) in [6.45, 7) is 0.528. The number of hydrogen-bond acceptors (Lipinski definition) is 4. The first-order valence-corrected chi connectivity index (χ1v) is 13.6. The van der Waals surface area contributed by atoms with E-state index in [1.807, 2.05) is 24.3 Å².